The van der Waals surface area contributed by atoms with Gasteiger partial charge in [-0.25, -0.2) is 0 Å². The van der Waals surface area contributed by atoms with E-state index in [9.17, 15) is 13.2 Å². The van der Waals surface area contributed by atoms with Gasteiger partial charge in [0.2, 0.25) is 0 Å². The van der Waals surface area contributed by atoms with Crippen molar-refractivity contribution in [2.24, 2.45) is 0 Å². The van der Waals surface area contributed by atoms with Crippen LogP contribution in [-0.2, 0) is 6.18 Å². The minimum Gasteiger partial charge on any atom is -0.369 e. The molecule has 0 aliphatic rings. The molecule has 0 saturated carbocycles. The Hall–Kier alpha value is -1.41. The summed E-state index contributed by atoms with van der Waals surface area (Å²) in [5, 5.41) is 11.4. The van der Waals surface area contributed by atoms with E-state index in [2.05, 4.69) is 5.32 Å². The molecule has 0 fully saturated rings. The molecule has 1 aromatic carbocycles. The van der Waals surface area contributed by atoms with Crippen molar-refractivity contribution in [1.82, 2.24) is 0 Å². The molecule has 6 heteroatoms. The summed E-state index contributed by atoms with van der Waals surface area (Å²) in [6.07, 6.45) is -3.88. The second-order valence-electron chi connectivity index (χ2n) is 3.43. The highest BCUT2D eigenvalue weighted by atomic mass is 35.5. The van der Waals surface area contributed by atoms with Gasteiger partial charge in [-0.2, -0.15) is 18.4 Å². The van der Waals surface area contributed by atoms with Gasteiger partial charge in [0.1, 0.15) is 6.04 Å². The summed E-state index contributed by atoms with van der Waals surface area (Å²) in [5.41, 5.74) is -0.480. The summed E-state index contributed by atoms with van der Waals surface area (Å²) < 4.78 is 37.1. The lowest BCUT2D eigenvalue weighted by Crippen LogP contribution is -2.16. The van der Waals surface area contributed by atoms with E-state index < -0.39 is 17.8 Å². The second-order valence-corrected chi connectivity index (χ2v) is 3.83. The molecule has 0 heterocycles. The Morgan fingerprint density at radius 2 is 2.12 bits per heavy atom. The fourth-order valence-electron chi connectivity index (χ4n) is 1.22. The van der Waals surface area contributed by atoms with E-state index in [-0.39, 0.29) is 5.02 Å². The Bertz CT molecular complexity index is 437. The van der Waals surface area contributed by atoms with Crippen LogP contribution in [0.4, 0.5) is 18.9 Å². The van der Waals surface area contributed by atoms with Crippen LogP contribution in [0.3, 0.4) is 0 Å². The lowest BCUT2D eigenvalue weighted by atomic mass is 10.1. The SMILES string of the molecule is CCC(C#N)Nc1ccc(C(F)(F)F)cc1Cl. The molecule has 0 amide bonds. The molecule has 0 bridgehead atoms. The van der Waals surface area contributed by atoms with Gasteiger partial charge in [-0.15, -0.1) is 0 Å². The quantitative estimate of drug-likeness (QED) is 0.891. The van der Waals surface area contributed by atoms with Crippen LogP contribution in [0, 0.1) is 11.3 Å². The molecule has 0 aliphatic heterocycles. The molecular formula is C11H10ClF3N2. The Morgan fingerprint density at radius 3 is 2.53 bits per heavy atom. The fourth-order valence-corrected chi connectivity index (χ4v) is 1.46. The van der Waals surface area contributed by atoms with Crippen molar-refractivity contribution in [3.05, 3.63) is 28.8 Å². The molecular weight excluding hydrogens is 253 g/mol. The van der Waals surface area contributed by atoms with Crippen molar-refractivity contribution in [3.8, 4) is 6.07 Å². The number of alkyl halides is 3. The van der Waals surface area contributed by atoms with Gasteiger partial charge in [0.25, 0.3) is 0 Å². The Balaban J connectivity index is 2.95. The topological polar surface area (TPSA) is 35.8 Å². The molecule has 17 heavy (non-hydrogen) atoms. The van der Waals surface area contributed by atoms with Crippen LogP contribution in [0.1, 0.15) is 18.9 Å². The predicted molar refractivity (Wildman–Crippen MR) is 59.8 cm³/mol. The van der Waals surface area contributed by atoms with Crippen LogP contribution < -0.4 is 5.32 Å². The molecule has 1 aromatic rings. The number of rotatable bonds is 3. The zero-order chi connectivity index (χ0) is 13.1. The van der Waals surface area contributed by atoms with Crippen molar-refractivity contribution in [2.75, 3.05) is 5.32 Å². The van der Waals surface area contributed by atoms with Crippen LogP contribution in [0.15, 0.2) is 18.2 Å². The first-order valence-electron chi connectivity index (χ1n) is 4.91. The summed E-state index contributed by atoms with van der Waals surface area (Å²) in [4.78, 5) is 0. The number of nitrogens with zero attached hydrogens (tertiary/aromatic N) is 1. The average Bonchev–Trinajstić information content (AvgIpc) is 2.26. The van der Waals surface area contributed by atoms with Gasteiger partial charge in [-0.3, -0.25) is 0 Å². The van der Waals surface area contributed by atoms with Gasteiger partial charge in [0, 0.05) is 0 Å². The molecule has 0 saturated heterocycles. The average molecular weight is 263 g/mol. The summed E-state index contributed by atoms with van der Waals surface area (Å²) in [7, 11) is 0. The van der Waals surface area contributed by atoms with Crippen LogP contribution in [0.2, 0.25) is 5.02 Å². The summed E-state index contributed by atoms with van der Waals surface area (Å²) in [5.74, 6) is 0. The van der Waals surface area contributed by atoms with Crippen molar-refractivity contribution >= 4 is 17.3 Å². The van der Waals surface area contributed by atoms with E-state index >= 15 is 0 Å². The van der Waals surface area contributed by atoms with Gasteiger partial charge in [-0.1, -0.05) is 18.5 Å². The van der Waals surface area contributed by atoms with Crippen LogP contribution in [-0.4, -0.2) is 6.04 Å². The highest BCUT2D eigenvalue weighted by Gasteiger charge is 2.30. The normalized spacial score (nSPS) is 12.9. The molecule has 92 valence electrons. The molecule has 2 nitrogen and oxygen atoms in total. The third kappa shape index (κ3) is 3.53. The molecule has 1 N–H and O–H groups in total. The van der Waals surface area contributed by atoms with Crippen molar-refractivity contribution in [3.63, 3.8) is 0 Å². The Kier molecular flexibility index (Phi) is 4.24. The number of hydrogen-bond donors (Lipinski definition) is 1. The van der Waals surface area contributed by atoms with Gasteiger partial charge in [0.15, 0.2) is 0 Å². The zero-order valence-corrected chi connectivity index (χ0v) is 9.73. The van der Waals surface area contributed by atoms with E-state index in [1.807, 2.05) is 6.07 Å². The first kappa shape index (κ1) is 13.7. The van der Waals surface area contributed by atoms with Crippen molar-refractivity contribution in [2.45, 2.75) is 25.6 Å². The third-order valence-corrected chi connectivity index (χ3v) is 2.50. The monoisotopic (exact) mass is 262 g/mol. The smallest absolute Gasteiger partial charge is 0.369 e. The third-order valence-electron chi connectivity index (χ3n) is 2.19. The van der Waals surface area contributed by atoms with Crippen LogP contribution >= 0.6 is 11.6 Å². The predicted octanol–water partition coefficient (Wildman–Crippen LogP) is 4.07. The number of benzene rings is 1. The number of anilines is 1. The molecule has 0 aromatic heterocycles. The Morgan fingerprint density at radius 1 is 1.47 bits per heavy atom. The fraction of sp³-hybridized carbons (Fsp3) is 0.364. The zero-order valence-electron chi connectivity index (χ0n) is 8.98. The number of halogens is 4. The second kappa shape index (κ2) is 5.28. The molecule has 0 aliphatic carbocycles. The van der Waals surface area contributed by atoms with Crippen LogP contribution in [0.5, 0.6) is 0 Å². The number of hydrogen-bond acceptors (Lipinski definition) is 2. The lowest BCUT2D eigenvalue weighted by Gasteiger charge is -2.14. The highest BCUT2D eigenvalue weighted by molar-refractivity contribution is 6.33. The molecule has 1 atom stereocenters. The van der Waals surface area contributed by atoms with Gasteiger partial charge in [-0.05, 0) is 24.6 Å². The number of nitrogens with one attached hydrogen (secondary N) is 1. The van der Waals surface area contributed by atoms with Gasteiger partial charge in [0.05, 0.1) is 22.3 Å². The maximum absolute atomic E-state index is 12.4. The lowest BCUT2D eigenvalue weighted by molar-refractivity contribution is -0.137. The van der Waals surface area contributed by atoms with E-state index in [4.69, 9.17) is 16.9 Å². The molecule has 1 unspecified atom stereocenters. The maximum atomic E-state index is 12.4. The standard InChI is InChI=1S/C11H10ClF3N2/c1-2-8(6-16)17-10-4-3-7(5-9(10)12)11(13,14)15/h3-5,8,17H,2H2,1H3. The van der Waals surface area contributed by atoms with E-state index in [1.165, 1.54) is 6.07 Å². The largest absolute Gasteiger partial charge is 0.416 e. The van der Waals surface area contributed by atoms with E-state index in [1.54, 1.807) is 6.92 Å². The van der Waals surface area contributed by atoms with Crippen molar-refractivity contribution < 1.29 is 13.2 Å². The first-order valence-corrected chi connectivity index (χ1v) is 5.29. The van der Waals surface area contributed by atoms with E-state index in [0.717, 1.165) is 12.1 Å². The highest BCUT2D eigenvalue weighted by Crippen LogP contribution is 2.33. The Labute approximate surface area is 102 Å². The maximum Gasteiger partial charge on any atom is 0.416 e. The van der Waals surface area contributed by atoms with Crippen LogP contribution in [0.25, 0.3) is 0 Å². The van der Waals surface area contributed by atoms with E-state index in [0.29, 0.717) is 12.1 Å². The summed E-state index contributed by atoms with van der Waals surface area (Å²) in [6.45, 7) is 1.79. The minimum absolute atomic E-state index is 0.0477. The first-order chi connectivity index (χ1) is 7.88. The van der Waals surface area contributed by atoms with Gasteiger partial charge < -0.3 is 5.32 Å². The molecule has 0 spiro atoms. The molecule has 0 radical (unpaired) electrons. The summed E-state index contributed by atoms with van der Waals surface area (Å²) >= 11 is 5.72. The van der Waals surface area contributed by atoms with Crippen molar-refractivity contribution in [1.29, 1.82) is 5.26 Å². The molecule has 1 rings (SSSR count). The minimum atomic E-state index is -4.42. The number of nitriles is 1. The van der Waals surface area contributed by atoms with Gasteiger partial charge >= 0.3 is 6.18 Å². The summed E-state index contributed by atoms with van der Waals surface area (Å²) in [6, 6.07) is 4.51.